The van der Waals surface area contributed by atoms with E-state index >= 15 is 0 Å². The Labute approximate surface area is 159 Å². The molecular formula is C19H23NO6S. The number of sulfonamides is 1. The molecule has 0 aliphatic carbocycles. The highest BCUT2D eigenvalue weighted by atomic mass is 32.2. The summed E-state index contributed by atoms with van der Waals surface area (Å²) in [6.07, 6.45) is 0. The van der Waals surface area contributed by atoms with E-state index < -0.39 is 16.0 Å². The number of ether oxygens (including phenoxy) is 3. The summed E-state index contributed by atoms with van der Waals surface area (Å²) in [4.78, 5) is 11.7. The molecule has 0 radical (unpaired) electrons. The van der Waals surface area contributed by atoms with E-state index in [0.29, 0.717) is 24.5 Å². The number of rotatable bonds is 9. The predicted molar refractivity (Wildman–Crippen MR) is 100 cm³/mol. The molecule has 0 saturated heterocycles. The van der Waals surface area contributed by atoms with Gasteiger partial charge in [0.15, 0.2) is 0 Å². The van der Waals surface area contributed by atoms with E-state index in [4.69, 9.17) is 9.47 Å². The second-order valence-electron chi connectivity index (χ2n) is 5.78. The molecule has 0 aliphatic heterocycles. The molecule has 0 aliphatic rings. The zero-order chi connectivity index (χ0) is 19.9. The van der Waals surface area contributed by atoms with Crippen LogP contribution in [-0.2, 0) is 26.0 Å². The van der Waals surface area contributed by atoms with Gasteiger partial charge in [-0.1, -0.05) is 18.2 Å². The molecule has 2 aromatic carbocycles. The Morgan fingerprint density at radius 3 is 2.37 bits per heavy atom. The van der Waals surface area contributed by atoms with Crippen LogP contribution in [0.15, 0.2) is 47.4 Å². The molecule has 0 atom stereocenters. The van der Waals surface area contributed by atoms with Gasteiger partial charge in [0.05, 0.1) is 24.2 Å². The van der Waals surface area contributed by atoms with Crippen molar-refractivity contribution in [2.24, 2.45) is 0 Å². The second kappa shape index (κ2) is 9.50. The first-order valence-electron chi connectivity index (χ1n) is 8.26. The molecule has 146 valence electrons. The van der Waals surface area contributed by atoms with Crippen molar-refractivity contribution in [3.05, 3.63) is 59.2 Å². The van der Waals surface area contributed by atoms with E-state index in [1.165, 1.54) is 19.2 Å². The Bertz CT molecular complexity index is 878. The van der Waals surface area contributed by atoms with E-state index in [0.717, 1.165) is 5.56 Å². The van der Waals surface area contributed by atoms with E-state index in [1.54, 1.807) is 44.4 Å². The normalized spacial score (nSPS) is 11.2. The lowest BCUT2D eigenvalue weighted by atomic mass is 10.1. The van der Waals surface area contributed by atoms with Gasteiger partial charge in [-0.3, -0.25) is 0 Å². The summed E-state index contributed by atoms with van der Waals surface area (Å²) in [7, 11) is -0.941. The van der Waals surface area contributed by atoms with Gasteiger partial charge in [-0.25, -0.2) is 17.9 Å². The lowest BCUT2D eigenvalue weighted by Gasteiger charge is -2.11. The van der Waals surface area contributed by atoms with E-state index in [-0.39, 0.29) is 17.0 Å². The van der Waals surface area contributed by atoms with Gasteiger partial charge in [-0.15, -0.1) is 0 Å². The van der Waals surface area contributed by atoms with Crippen molar-refractivity contribution in [1.82, 2.24) is 4.72 Å². The molecular weight excluding hydrogens is 370 g/mol. The van der Waals surface area contributed by atoms with E-state index in [9.17, 15) is 13.2 Å². The third-order valence-electron chi connectivity index (χ3n) is 3.84. The summed E-state index contributed by atoms with van der Waals surface area (Å²) in [6, 6.07) is 11.5. The van der Waals surface area contributed by atoms with Crippen molar-refractivity contribution in [3.8, 4) is 5.75 Å². The Kier molecular flexibility index (Phi) is 7.35. The van der Waals surface area contributed by atoms with Gasteiger partial charge in [0, 0.05) is 13.7 Å². The third kappa shape index (κ3) is 5.78. The molecule has 0 heterocycles. The van der Waals surface area contributed by atoms with E-state index in [2.05, 4.69) is 9.46 Å². The van der Waals surface area contributed by atoms with Gasteiger partial charge in [0.2, 0.25) is 10.0 Å². The highest BCUT2D eigenvalue weighted by Gasteiger charge is 2.19. The van der Waals surface area contributed by atoms with Crippen molar-refractivity contribution in [2.45, 2.75) is 18.4 Å². The molecule has 0 aromatic heterocycles. The fraction of sp³-hybridized carbons (Fsp3) is 0.316. The smallest absolute Gasteiger partial charge is 0.337 e. The lowest BCUT2D eigenvalue weighted by molar-refractivity contribution is 0.0600. The predicted octanol–water partition coefficient (Wildman–Crippen LogP) is 2.29. The van der Waals surface area contributed by atoms with Crippen molar-refractivity contribution >= 4 is 16.0 Å². The van der Waals surface area contributed by atoms with Gasteiger partial charge in [0.25, 0.3) is 0 Å². The number of esters is 1. The van der Waals surface area contributed by atoms with Crippen LogP contribution in [0.3, 0.4) is 0 Å². The maximum atomic E-state index is 12.6. The largest absolute Gasteiger partial charge is 0.491 e. The molecule has 0 fully saturated rings. The maximum absolute atomic E-state index is 12.6. The fourth-order valence-electron chi connectivity index (χ4n) is 2.34. The van der Waals surface area contributed by atoms with Crippen molar-refractivity contribution in [1.29, 1.82) is 0 Å². The standard InChI is InChI=1S/C19H23NO6S/c1-14-4-7-16(19(21)25-3)12-18(14)27(22,23)20-13-15-5-8-17(9-6-15)26-11-10-24-2/h4-9,12,20H,10-11,13H2,1-3H3. The van der Waals surface area contributed by atoms with E-state index in [1.807, 2.05) is 0 Å². The molecule has 1 N–H and O–H groups in total. The molecule has 0 amide bonds. The SMILES string of the molecule is COCCOc1ccc(CNS(=O)(=O)c2cc(C(=O)OC)ccc2C)cc1. The highest BCUT2D eigenvalue weighted by Crippen LogP contribution is 2.19. The molecule has 8 heteroatoms. The van der Waals surface area contributed by atoms with Crippen molar-refractivity contribution in [3.63, 3.8) is 0 Å². The van der Waals surface area contributed by atoms with Gasteiger partial charge < -0.3 is 14.2 Å². The molecule has 0 saturated carbocycles. The summed E-state index contributed by atoms with van der Waals surface area (Å²) in [5, 5.41) is 0. The first-order valence-corrected chi connectivity index (χ1v) is 9.75. The number of hydrogen-bond acceptors (Lipinski definition) is 6. The van der Waals surface area contributed by atoms with Crippen LogP contribution in [0.25, 0.3) is 0 Å². The Morgan fingerprint density at radius 2 is 1.74 bits per heavy atom. The number of benzene rings is 2. The first kappa shape index (κ1) is 20.9. The zero-order valence-corrected chi connectivity index (χ0v) is 16.3. The van der Waals surface area contributed by atoms with Gasteiger partial charge in [-0.05, 0) is 42.3 Å². The Balaban J connectivity index is 2.07. The fourth-order valence-corrected chi connectivity index (χ4v) is 3.62. The summed E-state index contributed by atoms with van der Waals surface area (Å²) in [5.41, 5.74) is 1.50. The summed E-state index contributed by atoms with van der Waals surface area (Å²) >= 11 is 0. The van der Waals surface area contributed by atoms with Crippen LogP contribution in [0, 0.1) is 6.92 Å². The second-order valence-corrected chi connectivity index (χ2v) is 7.52. The first-order chi connectivity index (χ1) is 12.9. The topological polar surface area (TPSA) is 90.9 Å². The molecule has 7 nitrogen and oxygen atoms in total. The van der Waals surface area contributed by atoms with Crippen LogP contribution in [0.2, 0.25) is 0 Å². The minimum atomic E-state index is -3.79. The quantitative estimate of drug-likeness (QED) is 0.519. The number of nitrogens with one attached hydrogen (secondary N) is 1. The van der Waals surface area contributed by atoms with Crippen LogP contribution in [0.4, 0.5) is 0 Å². The zero-order valence-electron chi connectivity index (χ0n) is 15.5. The van der Waals surface area contributed by atoms with Crippen molar-refractivity contribution in [2.75, 3.05) is 27.4 Å². The molecule has 27 heavy (non-hydrogen) atoms. The van der Waals surface area contributed by atoms with Crippen LogP contribution in [0.5, 0.6) is 5.75 Å². The summed E-state index contributed by atoms with van der Waals surface area (Å²) in [5.74, 6) is 0.0933. The minimum Gasteiger partial charge on any atom is -0.491 e. The summed E-state index contributed by atoms with van der Waals surface area (Å²) in [6.45, 7) is 2.72. The van der Waals surface area contributed by atoms with Crippen LogP contribution in [0.1, 0.15) is 21.5 Å². The minimum absolute atomic E-state index is 0.0462. The highest BCUT2D eigenvalue weighted by molar-refractivity contribution is 7.89. The number of carbonyl (C=O) groups is 1. The van der Waals surface area contributed by atoms with Crippen LogP contribution >= 0.6 is 0 Å². The number of hydrogen-bond donors (Lipinski definition) is 1. The molecule has 0 bridgehead atoms. The van der Waals surface area contributed by atoms with Gasteiger partial charge in [0.1, 0.15) is 12.4 Å². The molecule has 0 unspecified atom stereocenters. The Morgan fingerprint density at radius 1 is 1.04 bits per heavy atom. The monoisotopic (exact) mass is 393 g/mol. The molecule has 2 rings (SSSR count). The van der Waals surface area contributed by atoms with Crippen LogP contribution in [-0.4, -0.2) is 41.8 Å². The third-order valence-corrected chi connectivity index (χ3v) is 5.39. The average molecular weight is 393 g/mol. The number of aryl methyl sites for hydroxylation is 1. The maximum Gasteiger partial charge on any atom is 0.337 e. The van der Waals surface area contributed by atoms with Crippen molar-refractivity contribution < 1.29 is 27.4 Å². The number of methoxy groups -OCH3 is 2. The van der Waals surface area contributed by atoms with Crippen LogP contribution < -0.4 is 9.46 Å². The number of carbonyl (C=O) groups excluding carboxylic acids is 1. The Hall–Kier alpha value is -2.42. The van der Waals surface area contributed by atoms with Gasteiger partial charge in [-0.2, -0.15) is 0 Å². The summed E-state index contributed by atoms with van der Waals surface area (Å²) < 4.78 is 42.8. The van der Waals surface area contributed by atoms with Gasteiger partial charge >= 0.3 is 5.97 Å². The average Bonchev–Trinajstić information content (AvgIpc) is 2.67. The lowest BCUT2D eigenvalue weighted by Crippen LogP contribution is -2.24. The molecule has 2 aromatic rings. The molecule has 0 spiro atoms.